The third kappa shape index (κ3) is 5.94. The van der Waals surface area contributed by atoms with Crippen LogP contribution in [0, 0.1) is 5.92 Å². The monoisotopic (exact) mass is 513 g/mol. The molecule has 1 fully saturated rings. The second-order valence-corrected chi connectivity index (χ2v) is 8.67. The average Bonchev–Trinajstić information content (AvgIpc) is 2.95. The Morgan fingerprint density at radius 3 is 2.79 bits per heavy atom. The van der Waals surface area contributed by atoms with Crippen LogP contribution in [0.4, 0.5) is 17.6 Å². The molecule has 4 aromatic rings. The van der Waals surface area contributed by atoms with Crippen LogP contribution in [0.2, 0.25) is 0 Å². The minimum atomic E-state index is -0.781. The fourth-order valence-electron chi connectivity index (χ4n) is 4.20. The van der Waals surface area contributed by atoms with Gasteiger partial charge in [-0.15, -0.1) is 0 Å². The molecule has 1 saturated heterocycles. The molecule has 1 aliphatic heterocycles. The normalized spacial score (nSPS) is 15.1. The number of carbonyl (C=O) groups is 1. The third-order valence-corrected chi connectivity index (χ3v) is 6.00. The van der Waals surface area contributed by atoms with Gasteiger partial charge in [0.2, 0.25) is 5.95 Å². The molecule has 1 aliphatic rings. The standard InChI is InChI=1S/C27H27N7O4/c1-2-37-22-7-3-4-8-23(22)38-20-12-19(13-28-14-20)21-15-29-16-24(31-21)32-27-30-10-9-25(33-27)34-11-5-6-18(17-34)26(35)36/h3-4,7-10,12-16,18H,2,5-6,11,17H2,1H3,(H,35,36)(H,30,31,32,33). The fraction of sp³-hybridized carbons (Fsp3) is 0.259. The SMILES string of the molecule is CCOc1ccccc1Oc1cncc(-c2cncc(Nc3nccc(N4CCCC(C(=O)O)C4)n3)n2)c1. The zero-order valence-corrected chi connectivity index (χ0v) is 20.8. The highest BCUT2D eigenvalue weighted by molar-refractivity contribution is 5.71. The number of ether oxygens (including phenoxy) is 2. The number of aliphatic carboxylic acids is 1. The lowest BCUT2D eigenvalue weighted by atomic mass is 9.98. The van der Waals surface area contributed by atoms with Crippen molar-refractivity contribution in [1.82, 2.24) is 24.9 Å². The summed E-state index contributed by atoms with van der Waals surface area (Å²) in [6, 6.07) is 11.1. The maximum absolute atomic E-state index is 11.4. The first-order valence-electron chi connectivity index (χ1n) is 12.3. The zero-order chi connectivity index (χ0) is 26.3. The van der Waals surface area contributed by atoms with Gasteiger partial charge in [-0.05, 0) is 44.0 Å². The Hall–Kier alpha value is -4.80. The van der Waals surface area contributed by atoms with E-state index in [2.05, 4.69) is 30.2 Å². The number of hydrogen-bond donors (Lipinski definition) is 2. The first-order valence-corrected chi connectivity index (χ1v) is 12.3. The van der Waals surface area contributed by atoms with Crippen LogP contribution in [0.15, 0.2) is 67.4 Å². The van der Waals surface area contributed by atoms with Crippen molar-refractivity contribution in [3.05, 3.63) is 67.4 Å². The lowest BCUT2D eigenvalue weighted by Crippen LogP contribution is -2.39. The smallest absolute Gasteiger partial charge is 0.308 e. The molecule has 3 aromatic heterocycles. The van der Waals surface area contributed by atoms with Crippen LogP contribution in [0.3, 0.4) is 0 Å². The third-order valence-electron chi connectivity index (χ3n) is 6.00. The number of piperidine rings is 1. The van der Waals surface area contributed by atoms with E-state index in [1.807, 2.05) is 42.2 Å². The summed E-state index contributed by atoms with van der Waals surface area (Å²) in [5.74, 6) is 2.05. The molecule has 0 aliphatic carbocycles. The van der Waals surface area contributed by atoms with Crippen LogP contribution < -0.4 is 19.7 Å². The van der Waals surface area contributed by atoms with Crippen molar-refractivity contribution in [2.24, 2.45) is 5.92 Å². The molecule has 0 spiro atoms. The highest BCUT2D eigenvalue weighted by Crippen LogP contribution is 2.32. The Balaban J connectivity index is 1.32. The Morgan fingerprint density at radius 2 is 1.95 bits per heavy atom. The summed E-state index contributed by atoms with van der Waals surface area (Å²) in [6.45, 7) is 3.61. The van der Waals surface area contributed by atoms with E-state index >= 15 is 0 Å². The predicted octanol–water partition coefficient (Wildman–Crippen LogP) is 4.56. The van der Waals surface area contributed by atoms with Gasteiger partial charge in [0.15, 0.2) is 17.3 Å². The first kappa shape index (κ1) is 24.9. The first-order chi connectivity index (χ1) is 18.6. The zero-order valence-electron chi connectivity index (χ0n) is 20.8. The molecule has 4 heterocycles. The Labute approximate surface area is 219 Å². The summed E-state index contributed by atoms with van der Waals surface area (Å²) >= 11 is 0. The summed E-state index contributed by atoms with van der Waals surface area (Å²) in [4.78, 5) is 35.5. The van der Waals surface area contributed by atoms with Gasteiger partial charge in [0, 0.05) is 31.0 Å². The molecule has 38 heavy (non-hydrogen) atoms. The highest BCUT2D eigenvalue weighted by atomic mass is 16.5. The van der Waals surface area contributed by atoms with Crippen molar-refractivity contribution < 1.29 is 19.4 Å². The molecule has 1 unspecified atom stereocenters. The lowest BCUT2D eigenvalue weighted by Gasteiger charge is -2.31. The summed E-state index contributed by atoms with van der Waals surface area (Å²) in [5, 5.41) is 12.5. The quantitative estimate of drug-likeness (QED) is 0.326. The summed E-state index contributed by atoms with van der Waals surface area (Å²) < 4.78 is 11.7. The topological polar surface area (TPSA) is 135 Å². The summed E-state index contributed by atoms with van der Waals surface area (Å²) in [5.41, 5.74) is 1.30. The van der Waals surface area contributed by atoms with Crippen molar-refractivity contribution in [2.45, 2.75) is 19.8 Å². The number of rotatable bonds is 9. The van der Waals surface area contributed by atoms with E-state index in [9.17, 15) is 9.90 Å². The Morgan fingerprint density at radius 1 is 1.11 bits per heavy atom. The van der Waals surface area contributed by atoms with Gasteiger partial charge in [-0.2, -0.15) is 4.98 Å². The van der Waals surface area contributed by atoms with Crippen molar-refractivity contribution in [2.75, 3.05) is 29.9 Å². The molecule has 0 radical (unpaired) electrons. The predicted molar refractivity (Wildman–Crippen MR) is 141 cm³/mol. The van der Waals surface area contributed by atoms with Crippen LogP contribution in [-0.4, -0.2) is 55.7 Å². The Bertz CT molecular complexity index is 1420. The van der Waals surface area contributed by atoms with Crippen LogP contribution in [0.1, 0.15) is 19.8 Å². The van der Waals surface area contributed by atoms with E-state index in [4.69, 9.17) is 9.47 Å². The van der Waals surface area contributed by atoms with Gasteiger partial charge in [0.1, 0.15) is 11.6 Å². The lowest BCUT2D eigenvalue weighted by molar-refractivity contribution is -0.141. The van der Waals surface area contributed by atoms with Gasteiger partial charge in [-0.3, -0.25) is 14.8 Å². The van der Waals surface area contributed by atoms with Crippen molar-refractivity contribution >= 4 is 23.6 Å². The Kier molecular flexibility index (Phi) is 7.53. The maximum Gasteiger partial charge on any atom is 0.308 e. The van der Waals surface area contributed by atoms with Gasteiger partial charge in [0.05, 0.1) is 36.8 Å². The van der Waals surface area contributed by atoms with E-state index in [0.717, 1.165) is 18.5 Å². The van der Waals surface area contributed by atoms with Gasteiger partial charge >= 0.3 is 5.97 Å². The number of nitrogens with one attached hydrogen (secondary N) is 1. The molecule has 2 N–H and O–H groups in total. The molecule has 0 amide bonds. The number of nitrogens with zero attached hydrogens (tertiary/aromatic N) is 6. The van der Waals surface area contributed by atoms with Crippen molar-refractivity contribution in [3.63, 3.8) is 0 Å². The van der Waals surface area contributed by atoms with Crippen molar-refractivity contribution in [3.8, 4) is 28.5 Å². The molecule has 1 aromatic carbocycles. The maximum atomic E-state index is 11.4. The van der Waals surface area contributed by atoms with E-state index in [1.54, 1.807) is 37.1 Å². The van der Waals surface area contributed by atoms with Crippen LogP contribution in [0.5, 0.6) is 17.2 Å². The molecule has 11 heteroatoms. The van der Waals surface area contributed by atoms with Gasteiger partial charge in [0.25, 0.3) is 0 Å². The second-order valence-electron chi connectivity index (χ2n) is 8.67. The fourth-order valence-corrected chi connectivity index (χ4v) is 4.20. The molecular weight excluding hydrogens is 486 g/mol. The molecule has 0 saturated carbocycles. The molecule has 1 atom stereocenters. The number of para-hydroxylation sites is 2. The summed E-state index contributed by atoms with van der Waals surface area (Å²) in [6.07, 6.45) is 9.62. The average molecular weight is 514 g/mol. The largest absolute Gasteiger partial charge is 0.490 e. The van der Waals surface area contributed by atoms with Crippen LogP contribution in [0.25, 0.3) is 11.3 Å². The molecule has 5 rings (SSSR count). The van der Waals surface area contributed by atoms with Gasteiger partial charge < -0.3 is 24.8 Å². The highest BCUT2D eigenvalue weighted by Gasteiger charge is 2.26. The van der Waals surface area contributed by atoms with Crippen molar-refractivity contribution in [1.29, 1.82) is 0 Å². The summed E-state index contributed by atoms with van der Waals surface area (Å²) in [7, 11) is 0. The molecular formula is C27H27N7O4. The number of benzene rings is 1. The van der Waals surface area contributed by atoms with Crippen LogP contribution >= 0.6 is 0 Å². The van der Waals surface area contributed by atoms with E-state index in [0.29, 0.717) is 60.1 Å². The number of anilines is 3. The van der Waals surface area contributed by atoms with E-state index in [1.165, 1.54) is 0 Å². The number of carboxylic acid groups (broad SMARTS) is 1. The number of hydrogen-bond acceptors (Lipinski definition) is 10. The molecule has 11 nitrogen and oxygen atoms in total. The molecule has 194 valence electrons. The minimum absolute atomic E-state index is 0.342. The minimum Gasteiger partial charge on any atom is -0.490 e. The van der Waals surface area contributed by atoms with Gasteiger partial charge in [-0.1, -0.05) is 12.1 Å². The number of carboxylic acids is 1. The number of pyridine rings is 1. The van der Waals surface area contributed by atoms with E-state index in [-0.39, 0.29) is 0 Å². The number of aromatic nitrogens is 5. The second kappa shape index (κ2) is 11.5. The van der Waals surface area contributed by atoms with E-state index < -0.39 is 11.9 Å². The molecule has 0 bridgehead atoms. The van der Waals surface area contributed by atoms with Crippen LogP contribution in [-0.2, 0) is 4.79 Å². The van der Waals surface area contributed by atoms with Gasteiger partial charge in [-0.25, -0.2) is 9.97 Å².